The minimum atomic E-state index is -2.25. The summed E-state index contributed by atoms with van der Waals surface area (Å²) in [6.45, 7) is 13.0. The summed E-state index contributed by atoms with van der Waals surface area (Å²) in [6.07, 6.45) is 2.35. The molecule has 0 saturated carbocycles. The molecule has 0 fully saturated rings. The molecule has 0 N–H and O–H groups in total. The lowest BCUT2D eigenvalue weighted by Gasteiger charge is -2.35. The Kier molecular flexibility index (Phi) is 9.50. The Labute approximate surface area is 165 Å². The van der Waals surface area contributed by atoms with Crippen molar-refractivity contribution in [3.8, 4) is 5.75 Å². The van der Waals surface area contributed by atoms with Crippen LogP contribution >= 0.6 is 0 Å². The fraction of sp³-hybridized carbons (Fsp3) is 0.545. The van der Waals surface area contributed by atoms with Gasteiger partial charge in [-0.2, -0.15) is 0 Å². The molecule has 0 bridgehead atoms. The standard InChI is InChI=1S/C22H34O4Si/c1-17(2)14-27(15-18(3)4,16-19(5)6)26-22(24)13-12-21(23)25-20-10-8-7-9-11-20/h7-13,17-19H,14-16H2,1-6H3. The van der Waals surface area contributed by atoms with Crippen molar-refractivity contribution in [2.24, 2.45) is 17.8 Å². The van der Waals surface area contributed by atoms with Crippen LogP contribution in [0.2, 0.25) is 18.1 Å². The molecule has 0 amide bonds. The normalized spacial score (nSPS) is 12.2. The summed E-state index contributed by atoms with van der Waals surface area (Å²) in [5.41, 5.74) is 0. The van der Waals surface area contributed by atoms with Crippen LogP contribution in [0.25, 0.3) is 0 Å². The van der Waals surface area contributed by atoms with Gasteiger partial charge in [-0.15, -0.1) is 0 Å². The Morgan fingerprint density at radius 1 is 0.815 bits per heavy atom. The molecule has 5 heteroatoms. The van der Waals surface area contributed by atoms with Crippen molar-refractivity contribution in [2.75, 3.05) is 0 Å². The van der Waals surface area contributed by atoms with Crippen LogP contribution in [0.4, 0.5) is 0 Å². The van der Waals surface area contributed by atoms with Crippen LogP contribution in [0, 0.1) is 17.8 Å². The second-order valence-corrected chi connectivity index (χ2v) is 12.3. The lowest BCUT2D eigenvalue weighted by molar-refractivity contribution is -0.132. The Bertz CT molecular complexity index is 594. The predicted molar refractivity (Wildman–Crippen MR) is 112 cm³/mol. The number of esters is 1. The van der Waals surface area contributed by atoms with Gasteiger partial charge in [-0.05, 0) is 48.0 Å². The number of hydrogen-bond donors (Lipinski definition) is 0. The third-order valence-corrected chi connectivity index (χ3v) is 9.29. The first kappa shape index (κ1) is 23.2. The van der Waals surface area contributed by atoms with Gasteiger partial charge in [0, 0.05) is 12.2 Å². The molecule has 0 aliphatic rings. The number of carbonyl (C=O) groups is 2. The van der Waals surface area contributed by atoms with E-state index < -0.39 is 20.3 Å². The van der Waals surface area contributed by atoms with E-state index in [-0.39, 0.29) is 0 Å². The molecule has 27 heavy (non-hydrogen) atoms. The molecular weight excluding hydrogens is 356 g/mol. The van der Waals surface area contributed by atoms with E-state index in [0.29, 0.717) is 23.5 Å². The molecule has 0 aromatic heterocycles. The summed E-state index contributed by atoms with van der Waals surface area (Å²) >= 11 is 0. The molecule has 1 aromatic rings. The van der Waals surface area contributed by atoms with Gasteiger partial charge in [0.15, 0.2) is 0 Å². The largest absolute Gasteiger partial charge is 0.516 e. The van der Waals surface area contributed by atoms with Gasteiger partial charge in [-0.25, -0.2) is 9.59 Å². The summed E-state index contributed by atoms with van der Waals surface area (Å²) in [4.78, 5) is 24.4. The second-order valence-electron chi connectivity index (χ2n) is 8.47. The van der Waals surface area contributed by atoms with E-state index in [1.54, 1.807) is 24.3 Å². The van der Waals surface area contributed by atoms with Crippen LogP contribution in [-0.4, -0.2) is 20.3 Å². The second kappa shape index (κ2) is 11.1. The summed E-state index contributed by atoms with van der Waals surface area (Å²) < 4.78 is 11.2. The summed E-state index contributed by atoms with van der Waals surface area (Å²) in [5.74, 6) is 0.830. The number of hydrogen-bond acceptors (Lipinski definition) is 4. The van der Waals surface area contributed by atoms with E-state index in [1.807, 2.05) is 6.07 Å². The van der Waals surface area contributed by atoms with Crippen molar-refractivity contribution >= 4 is 20.3 Å². The first-order valence-electron chi connectivity index (χ1n) is 9.80. The Morgan fingerprint density at radius 2 is 1.26 bits per heavy atom. The van der Waals surface area contributed by atoms with E-state index in [0.717, 1.165) is 24.2 Å². The van der Waals surface area contributed by atoms with Gasteiger partial charge in [0.2, 0.25) is 0 Å². The highest BCUT2D eigenvalue weighted by Crippen LogP contribution is 2.33. The Hall–Kier alpha value is -1.88. The summed E-state index contributed by atoms with van der Waals surface area (Å²) in [6, 6.07) is 11.6. The average Bonchev–Trinajstić information content (AvgIpc) is 2.51. The molecule has 0 aliphatic carbocycles. The topological polar surface area (TPSA) is 52.6 Å². The highest BCUT2D eigenvalue weighted by Gasteiger charge is 2.40. The zero-order chi connectivity index (χ0) is 20.4. The highest BCUT2D eigenvalue weighted by atomic mass is 28.4. The van der Waals surface area contributed by atoms with Gasteiger partial charge in [-0.3, -0.25) is 0 Å². The molecule has 1 rings (SSSR count). The Balaban J connectivity index is 2.82. The molecule has 0 atom stereocenters. The molecule has 0 saturated heterocycles. The highest BCUT2D eigenvalue weighted by molar-refractivity contribution is 6.75. The minimum absolute atomic E-state index is 0.436. The summed E-state index contributed by atoms with van der Waals surface area (Å²) in [7, 11) is -2.25. The Morgan fingerprint density at radius 3 is 1.70 bits per heavy atom. The fourth-order valence-corrected chi connectivity index (χ4v) is 9.34. The number of para-hydroxylation sites is 1. The maximum absolute atomic E-state index is 12.5. The molecule has 0 spiro atoms. The van der Waals surface area contributed by atoms with Gasteiger partial charge in [0.05, 0.1) is 0 Å². The monoisotopic (exact) mass is 390 g/mol. The van der Waals surface area contributed by atoms with Crippen molar-refractivity contribution in [1.29, 1.82) is 0 Å². The molecule has 0 heterocycles. The molecule has 0 aliphatic heterocycles. The van der Waals surface area contributed by atoms with Crippen molar-refractivity contribution in [2.45, 2.75) is 59.7 Å². The molecule has 0 radical (unpaired) electrons. The number of carbonyl (C=O) groups excluding carboxylic acids is 2. The van der Waals surface area contributed by atoms with Gasteiger partial charge >= 0.3 is 11.9 Å². The van der Waals surface area contributed by atoms with Crippen LogP contribution in [0.15, 0.2) is 42.5 Å². The van der Waals surface area contributed by atoms with E-state index in [9.17, 15) is 9.59 Å². The number of benzene rings is 1. The first-order valence-corrected chi connectivity index (χ1v) is 12.3. The van der Waals surface area contributed by atoms with Crippen molar-refractivity contribution < 1.29 is 18.8 Å². The van der Waals surface area contributed by atoms with E-state index >= 15 is 0 Å². The third kappa shape index (κ3) is 9.57. The fourth-order valence-electron chi connectivity index (χ4n) is 3.63. The number of ether oxygens (including phenoxy) is 1. The maximum Gasteiger partial charge on any atom is 0.336 e. The van der Waals surface area contributed by atoms with Crippen LogP contribution in [-0.2, 0) is 14.0 Å². The zero-order valence-electron chi connectivity index (χ0n) is 17.5. The summed E-state index contributed by atoms with van der Waals surface area (Å²) in [5, 5.41) is 0. The molecule has 1 aromatic carbocycles. The molecule has 0 unspecified atom stereocenters. The van der Waals surface area contributed by atoms with Crippen molar-refractivity contribution in [3.05, 3.63) is 42.5 Å². The predicted octanol–water partition coefficient (Wildman–Crippen LogP) is 5.60. The smallest absolute Gasteiger partial charge is 0.336 e. The third-order valence-electron chi connectivity index (χ3n) is 3.98. The molecule has 150 valence electrons. The number of rotatable bonds is 10. The van der Waals surface area contributed by atoms with Crippen molar-refractivity contribution in [3.63, 3.8) is 0 Å². The van der Waals surface area contributed by atoms with Crippen molar-refractivity contribution in [1.82, 2.24) is 0 Å². The van der Waals surface area contributed by atoms with E-state index in [1.165, 1.54) is 6.08 Å². The van der Waals surface area contributed by atoms with E-state index in [4.69, 9.17) is 9.16 Å². The lowest BCUT2D eigenvalue weighted by atomic mass is 10.2. The minimum Gasteiger partial charge on any atom is -0.516 e. The van der Waals surface area contributed by atoms with Crippen LogP contribution in [0.3, 0.4) is 0 Å². The SMILES string of the molecule is CC(C)C[Si](CC(C)C)(CC(C)C)OC(=O)C=CC(=O)Oc1ccccc1. The van der Waals surface area contributed by atoms with E-state index in [2.05, 4.69) is 41.5 Å². The van der Waals surface area contributed by atoms with Gasteiger partial charge in [0.25, 0.3) is 8.32 Å². The van der Waals surface area contributed by atoms with Gasteiger partial charge in [0.1, 0.15) is 5.75 Å². The lowest BCUT2D eigenvalue weighted by Crippen LogP contribution is -2.43. The zero-order valence-corrected chi connectivity index (χ0v) is 18.5. The first-order chi connectivity index (χ1) is 12.6. The van der Waals surface area contributed by atoms with Gasteiger partial charge in [-0.1, -0.05) is 59.7 Å². The average molecular weight is 391 g/mol. The van der Waals surface area contributed by atoms with Crippen LogP contribution in [0.5, 0.6) is 5.75 Å². The van der Waals surface area contributed by atoms with Crippen LogP contribution < -0.4 is 4.74 Å². The quantitative estimate of drug-likeness (QED) is 0.226. The van der Waals surface area contributed by atoms with Gasteiger partial charge < -0.3 is 9.16 Å². The molecular formula is C22H34O4Si. The van der Waals surface area contributed by atoms with Crippen LogP contribution in [0.1, 0.15) is 41.5 Å². The molecule has 4 nitrogen and oxygen atoms in total. The maximum atomic E-state index is 12.5.